The van der Waals surface area contributed by atoms with Crippen molar-refractivity contribution in [3.8, 4) is 5.75 Å². The molecule has 0 amide bonds. The zero-order valence-electron chi connectivity index (χ0n) is 6.12. The lowest BCUT2D eigenvalue weighted by molar-refractivity contribution is 0.573. The summed E-state index contributed by atoms with van der Waals surface area (Å²) in [6, 6.07) is 7.09. The second kappa shape index (κ2) is 3.98. The van der Waals surface area contributed by atoms with Crippen molar-refractivity contribution in [3.05, 3.63) is 29.3 Å². The van der Waals surface area contributed by atoms with E-state index in [0.717, 1.165) is 5.75 Å². The van der Waals surface area contributed by atoms with Crippen molar-refractivity contribution in [2.45, 2.75) is 0 Å². The number of benzene rings is 1. The van der Waals surface area contributed by atoms with E-state index in [1.807, 2.05) is 0 Å². The highest BCUT2D eigenvalue weighted by Crippen LogP contribution is 2.14. The van der Waals surface area contributed by atoms with Crippen molar-refractivity contribution >= 4 is 18.0 Å². The van der Waals surface area contributed by atoms with Gasteiger partial charge in [-0.15, -0.1) is 0 Å². The fraction of sp³-hybridized carbons (Fsp3) is 0.125. The maximum absolute atomic E-state index is 5.66. The molecular weight excluding hydrogens is 162 g/mol. The van der Waals surface area contributed by atoms with Gasteiger partial charge < -0.3 is 4.74 Å². The van der Waals surface area contributed by atoms with Crippen molar-refractivity contribution < 1.29 is 4.74 Å². The Morgan fingerprint density at radius 3 is 2.55 bits per heavy atom. The summed E-state index contributed by atoms with van der Waals surface area (Å²) >= 11 is 5.66. The first kappa shape index (κ1) is 8.08. The third-order valence-corrected chi connectivity index (χ3v) is 1.36. The highest BCUT2D eigenvalue weighted by molar-refractivity contribution is 6.30. The quantitative estimate of drug-likeness (QED) is 0.492. The number of halogens is 1. The second-order valence-corrected chi connectivity index (χ2v) is 2.37. The van der Waals surface area contributed by atoms with E-state index >= 15 is 0 Å². The first-order valence-corrected chi connectivity index (χ1v) is 3.53. The van der Waals surface area contributed by atoms with Crippen molar-refractivity contribution in [1.29, 1.82) is 0 Å². The summed E-state index contributed by atoms with van der Waals surface area (Å²) < 4.78 is 5.06. The first-order valence-electron chi connectivity index (χ1n) is 3.16. The van der Waals surface area contributed by atoms with E-state index < -0.39 is 0 Å². The standard InChI is InChI=1S/C8H8ClNO/c1-10-6-11-8-4-2-7(9)3-5-8/h2-6H,1H3. The topological polar surface area (TPSA) is 21.6 Å². The summed E-state index contributed by atoms with van der Waals surface area (Å²) in [4.78, 5) is 3.67. The minimum absolute atomic E-state index is 0.700. The molecule has 0 aliphatic heterocycles. The largest absolute Gasteiger partial charge is 0.446 e. The number of hydrogen-bond donors (Lipinski definition) is 0. The van der Waals surface area contributed by atoms with Crippen molar-refractivity contribution in [2.75, 3.05) is 7.05 Å². The molecule has 0 radical (unpaired) electrons. The van der Waals surface area contributed by atoms with E-state index in [2.05, 4.69) is 4.99 Å². The van der Waals surface area contributed by atoms with Crippen molar-refractivity contribution in [3.63, 3.8) is 0 Å². The highest BCUT2D eigenvalue weighted by atomic mass is 35.5. The number of aliphatic imine (C=N–C) groups is 1. The van der Waals surface area contributed by atoms with Crippen LogP contribution in [0.1, 0.15) is 0 Å². The second-order valence-electron chi connectivity index (χ2n) is 1.94. The smallest absolute Gasteiger partial charge is 0.176 e. The van der Waals surface area contributed by atoms with Gasteiger partial charge in [0.15, 0.2) is 6.40 Å². The molecule has 1 aromatic rings. The molecule has 0 aliphatic carbocycles. The Balaban J connectivity index is 2.66. The maximum Gasteiger partial charge on any atom is 0.176 e. The lowest BCUT2D eigenvalue weighted by Gasteiger charge is -1.96. The average Bonchev–Trinajstić information content (AvgIpc) is 2.04. The normalized spacial score (nSPS) is 10.4. The Morgan fingerprint density at radius 1 is 1.36 bits per heavy atom. The summed E-state index contributed by atoms with van der Waals surface area (Å²) in [7, 11) is 1.65. The lowest BCUT2D eigenvalue weighted by atomic mass is 10.3. The molecule has 0 bridgehead atoms. The zero-order chi connectivity index (χ0) is 8.10. The van der Waals surface area contributed by atoms with Gasteiger partial charge in [0.25, 0.3) is 0 Å². The third kappa shape index (κ3) is 2.60. The molecule has 0 heterocycles. The Labute approximate surface area is 70.5 Å². The van der Waals surface area contributed by atoms with Crippen LogP contribution < -0.4 is 4.74 Å². The SMILES string of the molecule is CN=COc1ccc(Cl)cc1. The Morgan fingerprint density at radius 2 is 2.00 bits per heavy atom. The monoisotopic (exact) mass is 169 g/mol. The molecular formula is C8H8ClNO. The summed E-state index contributed by atoms with van der Waals surface area (Å²) in [5, 5.41) is 0.700. The van der Waals surface area contributed by atoms with Gasteiger partial charge in [-0.3, -0.25) is 4.99 Å². The average molecular weight is 170 g/mol. The van der Waals surface area contributed by atoms with Gasteiger partial charge >= 0.3 is 0 Å². The Kier molecular flexibility index (Phi) is 2.93. The Hall–Kier alpha value is -1.02. The molecule has 11 heavy (non-hydrogen) atoms. The van der Waals surface area contributed by atoms with Crippen LogP contribution in [-0.4, -0.2) is 13.4 Å². The molecule has 3 heteroatoms. The van der Waals surface area contributed by atoms with Gasteiger partial charge in [-0.25, -0.2) is 0 Å². The van der Waals surface area contributed by atoms with E-state index in [4.69, 9.17) is 16.3 Å². The van der Waals surface area contributed by atoms with Gasteiger partial charge in [0.2, 0.25) is 0 Å². The van der Waals surface area contributed by atoms with E-state index in [0.29, 0.717) is 5.02 Å². The molecule has 0 aromatic heterocycles. The van der Waals surface area contributed by atoms with Gasteiger partial charge in [0, 0.05) is 12.1 Å². The molecule has 58 valence electrons. The Bertz CT molecular complexity index is 243. The van der Waals surface area contributed by atoms with E-state index in [9.17, 15) is 0 Å². The summed E-state index contributed by atoms with van der Waals surface area (Å²) in [6.45, 7) is 0. The molecule has 2 nitrogen and oxygen atoms in total. The summed E-state index contributed by atoms with van der Waals surface area (Å²) in [5.74, 6) is 0.736. The van der Waals surface area contributed by atoms with Crippen LogP contribution in [-0.2, 0) is 0 Å². The molecule has 0 N–H and O–H groups in total. The molecule has 0 saturated carbocycles. The fourth-order valence-corrected chi connectivity index (χ4v) is 0.753. The van der Waals surface area contributed by atoms with Crippen LogP contribution in [0, 0.1) is 0 Å². The van der Waals surface area contributed by atoms with Crippen LogP contribution in [0.15, 0.2) is 29.3 Å². The fourth-order valence-electron chi connectivity index (χ4n) is 0.627. The lowest BCUT2D eigenvalue weighted by Crippen LogP contribution is -1.87. The molecule has 1 rings (SSSR count). The van der Waals surface area contributed by atoms with Crippen molar-refractivity contribution in [1.82, 2.24) is 0 Å². The maximum atomic E-state index is 5.66. The van der Waals surface area contributed by atoms with Gasteiger partial charge in [0.1, 0.15) is 5.75 Å². The van der Waals surface area contributed by atoms with Crippen LogP contribution in [0.25, 0.3) is 0 Å². The predicted octanol–water partition coefficient (Wildman–Crippen LogP) is 2.38. The van der Waals surface area contributed by atoms with Gasteiger partial charge in [-0.05, 0) is 24.3 Å². The number of rotatable bonds is 2. The van der Waals surface area contributed by atoms with Gasteiger partial charge in [-0.1, -0.05) is 11.6 Å². The number of nitrogens with zero attached hydrogens (tertiary/aromatic N) is 1. The van der Waals surface area contributed by atoms with E-state index in [1.54, 1.807) is 31.3 Å². The summed E-state index contributed by atoms with van der Waals surface area (Å²) in [5.41, 5.74) is 0. The molecule has 0 aliphatic rings. The minimum Gasteiger partial charge on any atom is -0.446 e. The van der Waals surface area contributed by atoms with Crippen LogP contribution in [0.5, 0.6) is 5.75 Å². The van der Waals surface area contributed by atoms with Gasteiger partial charge in [-0.2, -0.15) is 0 Å². The summed E-state index contributed by atoms with van der Waals surface area (Å²) in [6.07, 6.45) is 1.38. The van der Waals surface area contributed by atoms with Crippen LogP contribution in [0.3, 0.4) is 0 Å². The van der Waals surface area contributed by atoms with E-state index in [1.165, 1.54) is 6.40 Å². The molecule has 0 atom stereocenters. The van der Waals surface area contributed by atoms with Gasteiger partial charge in [0.05, 0.1) is 0 Å². The highest BCUT2D eigenvalue weighted by Gasteiger charge is 1.89. The minimum atomic E-state index is 0.700. The van der Waals surface area contributed by atoms with Crippen LogP contribution in [0.4, 0.5) is 0 Å². The molecule has 1 aromatic carbocycles. The first-order chi connectivity index (χ1) is 5.33. The molecule has 0 spiro atoms. The van der Waals surface area contributed by atoms with Crippen LogP contribution >= 0.6 is 11.6 Å². The predicted molar refractivity (Wildman–Crippen MR) is 46.5 cm³/mol. The number of ether oxygens (including phenoxy) is 1. The van der Waals surface area contributed by atoms with Crippen LogP contribution in [0.2, 0.25) is 5.02 Å². The third-order valence-electron chi connectivity index (χ3n) is 1.11. The molecule has 0 unspecified atom stereocenters. The van der Waals surface area contributed by atoms with E-state index in [-0.39, 0.29) is 0 Å². The van der Waals surface area contributed by atoms with Crippen molar-refractivity contribution in [2.24, 2.45) is 4.99 Å². The number of hydrogen-bond acceptors (Lipinski definition) is 2. The molecule has 0 saturated heterocycles. The molecule has 0 fully saturated rings. The zero-order valence-corrected chi connectivity index (χ0v) is 6.88.